The molecule has 0 saturated heterocycles. The zero-order valence-corrected chi connectivity index (χ0v) is 11.6. The van der Waals surface area contributed by atoms with Crippen molar-refractivity contribution in [1.82, 2.24) is 9.97 Å². The summed E-state index contributed by atoms with van der Waals surface area (Å²) in [4.78, 5) is 8.18. The molecule has 2 aromatic rings. The summed E-state index contributed by atoms with van der Waals surface area (Å²) in [6, 6.07) is 10.9. The molecule has 0 saturated carbocycles. The molecule has 2 heterocycles. The standard InChI is InChI=1S/C12H13N2O2PS/c1-2-17(18,15-11-7-3-5-9-13-11)16-12-8-4-6-10-14-12/h3-10H,2H2,1H3. The first kappa shape index (κ1) is 13.0. The van der Waals surface area contributed by atoms with E-state index in [4.69, 9.17) is 20.9 Å². The molecule has 0 unspecified atom stereocenters. The van der Waals surface area contributed by atoms with Gasteiger partial charge in [0.15, 0.2) is 0 Å². The molecular formula is C12H13N2O2PS. The summed E-state index contributed by atoms with van der Waals surface area (Å²) in [5.74, 6) is 0.970. The first-order valence-electron chi connectivity index (χ1n) is 5.52. The Balaban J connectivity index is 2.14. The van der Waals surface area contributed by atoms with E-state index < -0.39 is 6.49 Å². The monoisotopic (exact) mass is 280 g/mol. The molecule has 0 fully saturated rings. The van der Waals surface area contributed by atoms with E-state index in [1.54, 1.807) is 24.5 Å². The third-order valence-electron chi connectivity index (χ3n) is 2.13. The molecule has 0 atom stereocenters. The van der Waals surface area contributed by atoms with E-state index in [9.17, 15) is 0 Å². The smallest absolute Gasteiger partial charge is 0.290 e. The summed E-state index contributed by atoms with van der Waals surface area (Å²) in [5.41, 5.74) is 0. The maximum absolute atomic E-state index is 5.71. The predicted octanol–water partition coefficient (Wildman–Crippen LogP) is 3.26. The predicted molar refractivity (Wildman–Crippen MR) is 74.6 cm³/mol. The maximum atomic E-state index is 5.71. The molecule has 0 aliphatic rings. The van der Waals surface area contributed by atoms with Crippen molar-refractivity contribution in [3.8, 4) is 11.8 Å². The van der Waals surface area contributed by atoms with E-state index in [1.165, 1.54) is 0 Å². The van der Waals surface area contributed by atoms with Gasteiger partial charge < -0.3 is 9.05 Å². The zero-order valence-electron chi connectivity index (χ0n) is 9.89. The van der Waals surface area contributed by atoms with Gasteiger partial charge in [-0.1, -0.05) is 19.1 Å². The second kappa shape index (κ2) is 5.94. The van der Waals surface area contributed by atoms with Crippen LogP contribution in [-0.2, 0) is 11.8 Å². The van der Waals surface area contributed by atoms with Gasteiger partial charge in [0, 0.05) is 30.7 Å². The highest BCUT2D eigenvalue weighted by Crippen LogP contribution is 2.47. The van der Waals surface area contributed by atoms with Gasteiger partial charge in [-0.2, -0.15) is 0 Å². The van der Waals surface area contributed by atoms with E-state index in [1.807, 2.05) is 31.2 Å². The minimum atomic E-state index is -2.44. The van der Waals surface area contributed by atoms with Gasteiger partial charge in [-0.3, -0.25) is 0 Å². The SMILES string of the molecule is CCP(=S)(Oc1ccccn1)Oc1ccccn1. The molecule has 6 heteroatoms. The van der Waals surface area contributed by atoms with Crippen molar-refractivity contribution in [2.75, 3.05) is 6.16 Å². The molecule has 0 aromatic carbocycles. The van der Waals surface area contributed by atoms with Crippen LogP contribution in [0.3, 0.4) is 0 Å². The molecule has 0 bridgehead atoms. The van der Waals surface area contributed by atoms with Crippen LogP contribution in [0.5, 0.6) is 11.8 Å². The fraction of sp³-hybridized carbons (Fsp3) is 0.167. The Labute approximate surface area is 111 Å². The van der Waals surface area contributed by atoms with Gasteiger partial charge in [-0.25, -0.2) is 9.97 Å². The number of rotatable bonds is 5. The van der Waals surface area contributed by atoms with E-state index in [-0.39, 0.29) is 0 Å². The number of hydrogen-bond acceptors (Lipinski definition) is 5. The summed E-state index contributed by atoms with van der Waals surface area (Å²) < 4.78 is 11.4. The van der Waals surface area contributed by atoms with Crippen molar-refractivity contribution in [3.63, 3.8) is 0 Å². The molecule has 2 aromatic heterocycles. The lowest BCUT2D eigenvalue weighted by molar-refractivity contribution is 0.467. The van der Waals surface area contributed by atoms with Crippen LogP contribution in [0.1, 0.15) is 6.92 Å². The zero-order chi connectivity index (χ0) is 12.8. The fourth-order valence-electron chi connectivity index (χ4n) is 1.23. The van der Waals surface area contributed by atoms with Crippen LogP contribution >= 0.6 is 6.49 Å². The molecule has 0 N–H and O–H groups in total. The topological polar surface area (TPSA) is 44.2 Å². The third kappa shape index (κ3) is 3.52. The maximum Gasteiger partial charge on any atom is 0.290 e. The van der Waals surface area contributed by atoms with Gasteiger partial charge in [-0.05, 0) is 23.9 Å². The van der Waals surface area contributed by atoms with E-state index in [0.29, 0.717) is 17.9 Å². The van der Waals surface area contributed by atoms with Gasteiger partial charge in [0.25, 0.3) is 6.49 Å². The Bertz CT molecular complexity index is 491. The van der Waals surface area contributed by atoms with Crippen molar-refractivity contribution in [2.24, 2.45) is 0 Å². The van der Waals surface area contributed by atoms with Crippen LogP contribution in [0.25, 0.3) is 0 Å². The molecule has 94 valence electrons. The summed E-state index contributed by atoms with van der Waals surface area (Å²) >= 11 is 5.45. The Kier molecular flexibility index (Phi) is 4.28. The van der Waals surface area contributed by atoms with Crippen molar-refractivity contribution < 1.29 is 9.05 Å². The molecule has 0 spiro atoms. The minimum Gasteiger partial charge on any atom is -0.417 e. The molecule has 18 heavy (non-hydrogen) atoms. The summed E-state index contributed by atoms with van der Waals surface area (Å²) in [7, 11) is 0. The molecule has 0 radical (unpaired) electrons. The average molecular weight is 280 g/mol. The number of nitrogens with zero attached hydrogens (tertiary/aromatic N) is 2. The van der Waals surface area contributed by atoms with Gasteiger partial charge in [0.05, 0.1) is 0 Å². The largest absolute Gasteiger partial charge is 0.417 e. The van der Waals surface area contributed by atoms with Gasteiger partial charge >= 0.3 is 0 Å². The summed E-state index contributed by atoms with van der Waals surface area (Å²) in [5, 5.41) is 0. The van der Waals surface area contributed by atoms with Crippen LogP contribution in [0.15, 0.2) is 48.8 Å². The lowest BCUT2D eigenvalue weighted by atomic mass is 10.5. The Morgan fingerprint density at radius 3 is 1.83 bits per heavy atom. The van der Waals surface area contributed by atoms with E-state index in [0.717, 1.165) is 0 Å². The Hall–Kier alpha value is -1.45. The molecule has 2 rings (SSSR count). The van der Waals surface area contributed by atoms with Crippen molar-refractivity contribution in [2.45, 2.75) is 6.92 Å². The minimum absolute atomic E-state index is 0.485. The molecule has 0 aliphatic carbocycles. The van der Waals surface area contributed by atoms with E-state index in [2.05, 4.69) is 9.97 Å². The van der Waals surface area contributed by atoms with Crippen LogP contribution in [0.2, 0.25) is 0 Å². The summed E-state index contributed by atoms with van der Waals surface area (Å²) in [6.07, 6.45) is 3.92. The van der Waals surface area contributed by atoms with Gasteiger partial charge in [-0.15, -0.1) is 0 Å². The fourth-order valence-corrected chi connectivity index (χ4v) is 2.77. The first-order valence-corrected chi connectivity index (χ1v) is 8.34. The molecule has 0 aliphatic heterocycles. The molecular weight excluding hydrogens is 267 g/mol. The highest BCUT2D eigenvalue weighted by atomic mass is 32.5. The number of hydrogen-bond donors (Lipinski definition) is 0. The van der Waals surface area contributed by atoms with Crippen LogP contribution in [0.4, 0.5) is 0 Å². The second-order valence-corrected chi connectivity index (χ2v) is 7.33. The quantitative estimate of drug-likeness (QED) is 0.786. The lowest BCUT2D eigenvalue weighted by Gasteiger charge is -2.20. The summed E-state index contributed by atoms with van der Waals surface area (Å²) in [6.45, 7) is -0.499. The lowest BCUT2D eigenvalue weighted by Crippen LogP contribution is -2.04. The van der Waals surface area contributed by atoms with Crippen molar-refractivity contribution in [3.05, 3.63) is 48.8 Å². The third-order valence-corrected chi connectivity index (χ3v) is 5.05. The van der Waals surface area contributed by atoms with Crippen LogP contribution in [-0.4, -0.2) is 16.1 Å². The second-order valence-electron chi connectivity index (χ2n) is 3.45. The first-order chi connectivity index (χ1) is 8.72. The van der Waals surface area contributed by atoms with Gasteiger partial charge in [0.1, 0.15) is 0 Å². The highest BCUT2D eigenvalue weighted by molar-refractivity contribution is 8.10. The number of aromatic nitrogens is 2. The van der Waals surface area contributed by atoms with Crippen LogP contribution in [0, 0.1) is 0 Å². The highest BCUT2D eigenvalue weighted by Gasteiger charge is 2.20. The van der Waals surface area contributed by atoms with Crippen molar-refractivity contribution in [1.29, 1.82) is 0 Å². The number of pyridine rings is 2. The van der Waals surface area contributed by atoms with Crippen LogP contribution < -0.4 is 9.05 Å². The Morgan fingerprint density at radius 2 is 1.50 bits per heavy atom. The molecule has 4 nitrogen and oxygen atoms in total. The average Bonchev–Trinajstić information content (AvgIpc) is 2.41. The van der Waals surface area contributed by atoms with Gasteiger partial charge in [0.2, 0.25) is 11.8 Å². The molecule has 0 amide bonds. The Morgan fingerprint density at radius 1 is 1.00 bits per heavy atom. The van der Waals surface area contributed by atoms with E-state index >= 15 is 0 Å². The normalized spacial score (nSPS) is 10.9. The van der Waals surface area contributed by atoms with Crippen molar-refractivity contribution >= 4 is 18.3 Å².